The van der Waals surface area contributed by atoms with E-state index in [2.05, 4.69) is 16.0 Å². The van der Waals surface area contributed by atoms with Gasteiger partial charge in [0.15, 0.2) is 0 Å². The fraction of sp³-hybridized carbons (Fsp3) is 0.714. The van der Waals surface area contributed by atoms with Crippen LogP contribution in [0.1, 0.15) is 59.3 Å². The molecule has 1 saturated carbocycles. The third kappa shape index (κ3) is 8.03. The number of carboxylic acid groups (broad SMARTS) is 3. The van der Waals surface area contributed by atoms with Gasteiger partial charge >= 0.3 is 17.9 Å². The van der Waals surface area contributed by atoms with Crippen LogP contribution in [-0.2, 0) is 28.8 Å². The number of nitrogens with one attached hydrogen (secondary N) is 3. The summed E-state index contributed by atoms with van der Waals surface area (Å²) in [5.41, 5.74) is 0. The number of aliphatic carboxylic acids is 3. The van der Waals surface area contributed by atoms with Crippen LogP contribution in [0.15, 0.2) is 0 Å². The van der Waals surface area contributed by atoms with Crippen molar-refractivity contribution in [2.75, 3.05) is 0 Å². The van der Waals surface area contributed by atoms with Crippen molar-refractivity contribution < 1.29 is 44.1 Å². The Kier molecular flexibility index (Phi) is 10.8. The lowest BCUT2D eigenvalue weighted by Crippen LogP contribution is -2.51. The third-order valence-corrected chi connectivity index (χ3v) is 5.89. The van der Waals surface area contributed by atoms with E-state index in [1.54, 1.807) is 20.8 Å². The number of hydrogen-bond donors (Lipinski definition) is 6. The van der Waals surface area contributed by atoms with Crippen LogP contribution >= 0.6 is 0 Å². The molecular weight excluding hydrogens is 438 g/mol. The van der Waals surface area contributed by atoms with E-state index in [0.717, 1.165) is 0 Å². The molecule has 0 spiro atoms. The zero-order valence-corrected chi connectivity index (χ0v) is 19.0. The number of carboxylic acids is 3. The molecule has 186 valence electrons. The molecule has 1 aliphatic carbocycles. The van der Waals surface area contributed by atoms with Crippen molar-refractivity contribution in [3.05, 3.63) is 0 Å². The van der Waals surface area contributed by atoms with E-state index >= 15 is 0 Å². The highest BCUT2D eigenvalue weighted by molar-refractivity contribution is 5.90. The van der Waals surface area contributed by atoms with Crippen molar-refractivity contribution in [2.45, 2.75) is 77.4 Å². The molecule has 0 aromatic carbocycles. The van der Waals surface area contributed by atoms with Crippen LogP contribution in [0.2, 0.25) is 0 Å². The normalized spacial score (nSPS) is 22.8. The predicted molar refractivity (Wildman–Crippen MR) is 114 cm³/mol. The Morgan fingerprint density at radius 3 is 0.939 bits per heavy atom. The summed E-state index contributed by atoms with van der Waals surface area (Å²) in [4.78, 5) is 72.1. The van der Waals surface area contributed by atoms with Crippen molar-refractivity contribution >= 4 is 35.6 Å². The minimum absolute atomic E-state index is 0.00366. The Hall–Kier alpha value is -3.18. The van der Waals surface area contributed by atoms with Gasteiger partial charge in [-0.2, -0.15) is 0 Å². The van der Waals surface area contributed by atoms with E-state index in [1.807, 2.05) is 0 Å². The molecular formula is C21H33N3O9. The summed E-state index contributed by atoms with van der Waals surface area (Å²) < 4.78 is 0. The summed E-state index contributed by atoms with van der Waals surface area (Å²) in [6.07, 6.45) is 0.413. The molecule has 6 N–H and O–H groups in total. The van der Waals surface area contributed by atoms with Crippen LogP contribution in [0.25, 0.3) is 0 Å². The highest BCUT2D eigenvalue weighted by Gasteiger charge is 2.41. The summed E-state index contributed by atoms with van der Waals surface area (Å²) in [6, 6.07) is -3.40. The Morgan fingerprint density at radius 1 is 0.576 bits per heavy atom. The van der Waals surface area contributed by atoms with Crippen LogP contribution in [0, 0.1) is 17.8 Å². The molecule has 0 aliphatic heterocycles. The Bertz CT molecular complexity index is 664. The van der Waals surface area contributed by atoms with Crippen molar-refractivity contribution in [1.82, 2.24) is 16.0 Å². The lowest BCUT2D eigenvalue weighted by molar-refractivity contribution is -0.146. The van der Waals surface area contributed by atoms with E-state index in [0.29, 0.717) is 0 Å². The van der Waals surface area contributed by atoms with E-state index < -0.39 is 71.5 Å². The van der Waals surface area contributed by atoms with E-state index in [1.165, 1.54) is 0 Å². The molecule has 0 heterocycles. The Labute approximate surface area is 191 Å². The zero-order valence-electron chi connectivity index (χ0n) is 19.0. The topological polar surface area (TPSA) is 199 Å². The van der Waals surface area contributed by atoms with Crippen LogP contribution in [0.5, 0.6) is 0 Å². The van der Waals surface area contributed by atoms with Gasteiger partial charge in [-0.3, -0.25) is 14.4 Å². The SMILES string of the molecule is CC[C@H](NC(=O)C1CC(C(=O)N[C@@H](CC)C(=O)O)CC(C(=O)N[C@@H](CC)C(=O)O)C1)C(=O)O. The van der Waals surface area contributed by atoms with Crippen molar-refractivity contribution in [1.29, 1.82) is 0 Å². The van der Waals surface area contributed by atoms with Gasteiger partial charge in [0.1, 0.15) is 18.1 Å². The Morgan fingerprint density at radius 2 is 0.788 bits per heavy atom. The maximum Gasteiger partial charge on any atom is 0.326 e. The summed E-state index contributed by atoms with van der Waals surface area (Å²) in [5.74, 6) is -8.19. The molecule has 1 rings (SSSR count). The van der Waals surface area contributed by atoms with Gasteiger partial charge in [-0.1, -0.05) is 20.8 Å². The molecule has 12 heteroatoms. The molecule has 0 aromatic rings. The molecule has 3 amide bonds. The molecule has 1 aliphatic rings. The van der Waals surface area contributed by atoms with Gasteiger partial charge in [0.05, 0.1) is 0 Å². The number of hydrogen-bond acceptors (Lipinski definition) is 6. The number of rotatable bonds is 12. The lowest BCUT2D eigenvalue weighted by Gasteiger charge is -2.34. The largest absolute Gasteiger partial charge is 0.480 e. The summed E-state index contributed by atoms with van der Waals surface area (Å²) in [7, 11) is 0. The molecule has 0 bridgehead atoms. The number of carbonyl (C=O) groups is 6. The first-order chi connectivity index (χ1) is 15.4. The quantitative estimate of drug-likeness (QED) is 0.226. The molecule has 12 nitrogen and oxygen atoms in total. The molecule has 0 radical (unpaired) electrons. The first-order valence-electron chi connectivity index (χ1n) is 11.0. The maximum absolute atomic E-state index is 12.8. The van der Waals surface area contributed by atoms with Gasteiger partial charge in [-0.05, 0) is 38.5 Å². The van der Waals surface area contributed by atoms with Crippen molar-refractivity contribution in [3.8, 4) is 0 Å². The standard InChI is InChI=1S/C21H33N3O9/c1-4-13(19(28)29)22-16(25)10-7-11(17(26)23-14(5-2)20(30)31)9-12(8-10)18(27)24-15(6-3)21(32)33/h10-15H,4-9H2,1-3H3,(H,22,25)(H,23,26)(H,24,27)(H,28,29)(H,30,31)(H,32,33)/t10?,11?,12?,13-,14-,15-/m0/s1. The van der Waals surface area contributed by atoms with E-state index in [-0.39, 0.29) is 38.5 Å². The van der Waals surface area contributed by atoms with E-state index in [9.17, 15) is 44.1 Å². The van der Waals surface area contributed by atoms with Gasteiger partial charge < -0.3 is 31.3 Å². The van der Waals surface area contributed by atoms with Gasteiger partial charge in [-0.25, -0.2) is 14.4 Å². The lowest BCUT2D eigenvalue weighted by atomic mass is 9.73. The summed E-state index contributed by atoms with van der Waals surface area (Å²) >= 11 is 0. The average Bonchev–Trinajstić information content (AvgIpc) is 2.77. The maximum atomic E-state index is 12.8. The van der Waals surface area contributed by atoms with Crippen LogP contribution in [-0.4, -0.2) is 69.1 Å². The summed E-state index contributed by atoms with van der Waals surface area (Å²) in [6.45, 7) is 4.75. The fourth-order valence-corrected chi connectivity index (χ4v) is 3.85. The van der Waals surface area contributed by atoms with Gasteiger partial charge in [0, 0.05) is 17.8 Å². The first-order valence-corrected chi connectivity index (χ1v) is 11.0. The minimum atomic E-state index is -1.22. The monoisotopic (exact) mass is 471 g/mol. The van der Waals surface area contributed by atoms with Crippen LogP contribution < -0.4 is 16.0 Å². The highest BCUT2D eigenvalue weighted by atomic mass is 16.4. The second-order valence-corrected chi connectivity index (χ2v) is 8.22. The van der Waals surface area contributed by atoms with Crippen molar-refractivity contribution in [3.63, 3.8) is 0 Å². The van der Waals surface area contributed by atoms with Gasteiger partial charge in [0.2, 0.25) is 17.7 Å². The Balaban J connectivity index is 3.09. The smallest absolute Gasteiger partial charge is 0.326 e. The zero-order chi connectivity index (χ0) is 25.3. The highest BCUT2D eigenvalue weighted by Crippen LogP contribution is 2.34. The van der Waals surface area contributed by atoms with Crippen molar-refractivity contribution in [2.24, 2.45) is 17.8 Å². The first kappa shape index (κ1) is 27.9. The molecule has 0 unspecified atom stereocenters. The second kappa shape index (κ2) is 12.8. The average molecular weight is 472 g/mol. The fourth-order valence-electron chi connectivity index (χ4n) is 3.85. The molecule has 1 fully saturated rings. The molecule has 0 saturated heterocycles. The van der Waals surface area contributed by atoms with Crippen LogP contribution in [0.4, 0.5) is 0 Å². The minimum Gasteiger partial charge on any atom is -0.480 e. The summed E-state index contributed by atoms with van der Waals surface area (Å²) in [5, 5.41) is 34.8. The predicted octanol–water partition coefficient (Wildman–Crippen LogP) is -0.0429. The third-order valence-electron chi connectivity index (χ3n) is 5.89. The number of carbonyl (C=O) groups excluding carboxylic acids is 3. The van der Waals surface area contributed by atoms with E-state index in [4.69, 9.17) is 0 Å². The van der Waals surface area contributed by atoms with Gasteiger partial charge in [-0.15, -0.1) is 0 Å². The molecule has 3 atom stereocenters. The van der Waals surface area contributed by atoms with Crippen LogP contribution in [0.3, 0.4) is 0 Å². The second-order valence-electron chi connectivity index (χ2n) is 8.22. The number of amides is 3. The molecule has 33 heavy (non-hydrogen) atoms. The van der Waals surface area contributed by atoms with Gasteiger partial charge in [0.25, 0.3) is 0 Å². The molecule has 0 aromatic heterocycles.